The number of carbonyl (C=O) groups is 2. The first-order valence-corrected chi connectivity index (χ1v) is 7.73. The minimum atomic E-state index is -1.09. The monoisotopic (exact) mass is 375 g/mol. The summed E-state index contributed by atoms with van der Waals surface area (Å²) in [4.78, 5) is 28.8. The second-order valence-electron chi connectivity index (χ2n) is 5.72. The number of benzene rings is 1. The lowest BCUT2D eigenvalue weighted by Gasteiger charge is -2.29. The number of fused-ring (bicyclic) bond motifs is 1. The zero-order valence-corrected chi connectivity index (χ0v) is 13.7. The summed E-state index contributed by atoms with van der Waals surface area (Å²) in [6.45, 7) is -0.776. The summed E-state index contributed by atoms with van der Waals surface area (Å²) in [5.74, 6) is -3.50. The van der Waals surface area contributed by atoms with Gasteiger partial charge in [0.15, 0.2) is 17.5 Å². The average Bonchev–Trinajstić information content (AvgIpc) is 2.65. The molecule has 2 aromatic rings. The van der Waals surface area contributed by atoms with E-state index in [9.17, 15) is 22.8 Å². The first-order valence-electron chi connectivity index (χ1n) is 7.73. The lowest BCUT2D eigenvalue weighted by molar-refractivity contribution is -0.121. The number of carbonyl (C=O) groups excluding carboxylic acids is 2. The van der Waals surface area contributed by atoms with Gasteiger partial charge >= 0.3 is 6.03 Å². The number of rotatable bonds is 4. The summed E-state index contributed by atoms with van der Waals surface area (Å²) < 4.78 is 40.4. The van der Waals surface area contributed by atoms with E-state index in [-0.39, 0.29) is 35.6 Å². The zero-order valence-electron chi connectivity index (χ0n) is 13.7. The minimum absolute atomic E-state index is 0.0544. The van der Waals surface area contributed by atoms with Crippen LogP contribution in [0, 0.1) is 28.8 Å². The van der Waals surface area contributed by atoms with Crippen LogP contribution < -0.4 is 10.6 Å². The molecule has 0 fully saturated rings. The summed E-state index contributed by atoms with van der Waals surface area (Å²) >= 11 is 0. The fourth-order valence-corrected chi connectivity index (χ4v) is 2.53. The molecule has 0 bridgehead atoms. The average molecular weight is 375 g/mol. The van der Waals surface area contributed by atoms with Crippen LogP contribution in [0.15, 0.2) is 24.4 Å². The molecule has 2 heterocycles. The molecule has 3 rings (SSSR count). The van der Waals surface area contributed by atoms with E-state index >= 15 is 0 Å². The Morgan fingerprint density at radius 3 is 2.85 bits per heavy atom. The Morgan fingerprint density at radius 1 is 1.33 bits per heavy atom. The fourth-order valence-electron chi connectivity index (χ4n) is 2.53. The van der Waals surface area contributed by atoms with Crippen LogP contribution in [0.4, 0.5) is 23.7 Å². The molecule has 0 spiro atoms. The molecule has 0 saturated carbocycles. The quantitative estimate of drug-likeness (QED) is 0.854. The smallest absolute Gasteiger partial charge is 0.322 e. The SMILES string of the molecule is N#Cc1cc(CNC(=O)CN2Cc3c(ccc(F)c3F)NC2=O)ncc1F. The fraction of sp³-hybridized carbons (Fsp3) is 0.176. The van der Waals surface area contributed by atoms with Crippen molar-refractivity contribution in [1.82, 2.24) is 15.2 Å². The van der Waals surface area contributed by atoms with E-state index < -0.39 is 35.9 Å². The van der Waals surface area contributed by atoms with Crippen molar-refractivity contribution >= 4 is 17.6 Å². The van der Waals surface area contributed by atoms with Crippen LogP contribution >= 0.6 is 0 Å². The Kier molecular flexibility index (Phi) is 4.94. The van der Waals surface area contributed by atoms with Crippen molar-refractivity contribution < 1.29 is 22.8 Å². The highest BCUT2D eigenvalue weighted by atomic mass is 19.2. The molecule has 10 heteroatoms. The van der Waals surface area contributed by atoms with Gasteiger partial charge in [-0.2, -0.15) is 5.26 Å². The number of aromatic nitrogens is 1. The van der Waals surface area contributed by atoms with Crippen LogP contribution in [0.3, 0.4) is 0 Å². The van der Waals surface area contributed by atoms with Gasteiger partial charge in [0.25, 0.3) is 0 Å². The lowest BCUT2D eigenvalue weighted by atomic mass is 10.1. The number of nitriles is 1. The predicted octanol–water partition coefficient (Wildman–Crippen LogP) is 2.03. The van der Waals surface area contributed by atoms with Gasteiger partial charge in [0.2, 0.25) is 5.91 Å². The molecular weight excluding hydrogens is 363 g/mol. The van der Waals surface area contributed by atoms with E-state index in [0.717, 1.165) is 17.2 Å². The Balaban J connectivity index is 1.63. The third-order valence-corrected chi connectivity index (χ3v) is 3.91. The van der Waals surface area contributed by atoms with Gasteiger partial charge in [-0.3, -0.25) is 9.78 Å². The Bertz CT molecular complexity index is 974. The first kappa shape index (κ1) is 18.2. The van der Waals surface area contributed by atoms with Gasteiger partial charge in [0.05, 0.1) is 36.2 Å². The maximum atomic E-state index is 13.9. The molecule has 7 nitrogen and oxygen atoms in total. The lowest BCUT2D eigenvalue weighted by Crippen LogP contribution is -2.45. The molecule has 0 saturated heterocycles. The van der Waals surface area contributed by atoms with E-state index in [4.69, 9.17) is 5.26 Å². The van der Waals surface area contributed by atoms with Crippen molar-refractivity contribution in [2.45, 2.75) is 13.1 Å². The van der Waals surface area contributed by atoms with Crippen LogP contribution in [0.2, 0.25) is 0 Å². The van der Waals surface area contributed by atoms with Crippen molar-refractivity contribution in [2.24, 2.45) is 0 Å². The van der Waals surface area contributed by atoms with Crippen LogP contribution in [0.5, 0.6) is 0 Å². The highest BCUT2D eigenvalue weighted by Crippen LogP contribution is 2.27. The van der Waals surface area contributed by atoms with E-state index in [1.165, 1.54) is 12.1 Å². The number of amides is 3. The van der Waals surface area contributed by atoms with Gasteiger partial charge < -0.3 is 15.5 Å². The second-order valence-corrected chi connectivity index (χ2v) is 5.72. The molecular formula is C17H12F3N5O2. The molecule has 0 radical (unpaired) electrons. The summed E-state index contributed by atoms with van der Waals surface area (Å²) in [5, 5.41) is 13.6. The number of urea groups is 1. The maximum absolute atomic E-state index is 13.9. The van der Waals surface area contributed by atoms with Gasteiger partial charge in [-0.05, 0) is 18.2 Å². The number of nitrogens with one attached hydrogen (secondary N) is 2. The predicted molar refractivity (Wildman–Crippen MR) is 86.5 cm³/mol. The normalized spacial score (nSPS) is 12.8. The van der Waals surface area contributed by atoms with Gasteiger partial charge in [0, 0.05) is 5.56 Å². The van der Waals surface area contributed by atoms with E-state index in [1.807, 2.05) is 0 Å². The Labute approximate surface area is 151 Å². The molecule has 1 aromatic carbocycles. The summed E-state index contributed by atoms with van der Waals surface area (Å²) in [6.07, 6.45) is 0.867. The summed E-state index contributed by atoms with van der Waals surface area (Å²) in [7, 11) is 0. The Morgan fingerprint density at radius 2 is 2.11 bits per heavy atom. The highest BCUT2D eigenvalue weighted by molar-refractivity contribution is 5.94. The molecule has 3 amide bonds. The molecule has 2 N–H and O–H groups in total. The van der Waals surface area contributed by atoms with Crippen LogP contribution in [0.1, 0.15) is 16.8 Å². The molecule has 1 aromatic heterocycles. The second kappa shape index (κ2) is 7.33. The van der Waals surface area contributed by atoms with Crippen LogP contribution in [-0.4, -0.2) is 28.4 Å². The first-order chi connectivity index (χ1) is 12.9. The summed E-state index contributed by atoms with van der Waals surface area (Å²) in [6, 6.07) is 4.37. The van der Waals surface area contributed by atoms with Gasteiger partial charge in [-0.15, -0.1) is 0 Å². The third-order valence-electron chi connectivity index (χ3n) is 3.91. The van der Waals surface area contributed by atoms with Crippen molar-refractivity contribution in [2.75, 3.05) is 11.9 Å². The molecule has 0 unspecified atom stereocenters. The van der Waals surface area contributed by atoms with Gasteiger partial charge in [-0.1, -0.05) is 0 Å². The van der Waals surface area contributed by atoms with E-state index in [1.54, 1.807) is 6.07 Å². The molecule has 0 aliphatic carbocycles. The molecule has 138 valence electrons. The van der Waals surface area contributed by atoms with Crippen LogP contribution in [-0.2, 0) is 17.9 Å². The highest BCUT2D eigenvalue weighted by Gasteiger charge is 2.27. The van der Waals surface area contributed by atoms with Crippen LogP contribution in [0.25, 0.3) is 0 Å². The topological polar surface area (TPSA) is 98.1 Å². The van der Waals surface area contributed by atoms with Crippen molar-refractivity contribution in [1.29, 1.82) is 5.26 Å². The molecule has 0 atom stereocenters. The minimum Gasteiger partial charge on any atom is -0.349 e. The van der Waals surface area contributed by atoms with Gasteiger partial charge in [-0.25, -0.2) is 18.0 Å². The number of pyridine rings is 1. The largest absolute Gasteiger partial charge is 0.349 e. The summed E-state index contributed by atoms with van der Waals surface area (Å²) in [5.41, 5.74) is 0.137. The van der Waals surface area contributed by atoms with E-state index in [2.05, 4.69) is 15.6 Å². The van der Waals surface area contributed by atoms with Crippen molar-refractivity contribution in [3.05, 3.63) is 58.7 Å². The third kappa shape index (κ3) is 3.82. The number of nitrogens with zero attached hydrogens (tertiary/aromatic N) is 3. The number of anilines is 1. The van der Waals surface area contributed by atoms with Crippen molar-refractivity contribution in [3.8, 4) is 6.07 Å². The number of hydrogen-bond acceptors (Lipinski definition) is 4. The zero-order chi connectivity index (χ0) is 19.6. The number of halogens is 3. The van der Waals surface area contributed by atoms with E-state index in [0.29, 0.717) is 0 Å². The maximum Gasteiger partial charge on any atom is 0.322 e. The van der Waals surface area contributed by atoms with Crippen molar-refractivity contribution in [3.63, 3.8) is 0 Å². The Hall–Kier alpha value is -3.61. The molecule has 1 aliphatic rings. The standard InChI is InChI=1S/C17H12F3N5O2/c18-12-1-2-14-11(16(12)20)7-25(17(27)24-14)8-15(26)23-5-10-3-9(4-21)13(19)6-22-10/h1-3,6H,5,7-8H2,(H,23,26)(H,24,27). The van der Waals surface area contributed by atoms with Gasteiger partial charge in [0.1, 0.15) is 12.6 Å². The molecule has 1 aliphatic heterocycles. The molecule has 27 heavy (non-hydrogen) atoms. The number of hydrogen-bond donors (Lipinski definition) is 2.